The summed E-state index contributed by atoms with van der Waals surface area (Å²) in [5, 5.41) is 11.3. The van der Waals surface area contributed by atoms with Crippen LogP contribution < -0.4 is 15.8 Å². The lowest BCUT2D eigenvalue weighted by Crippen LogP contribution is -2.39. The second-order valence-corrected chi connectivity index (χ2v) is 7.87. The Bertz CT molecular complexity index is 925. The van der Waals surface area contributed by atoms with Gasteiger partial charge in [0.2, 0.25) is 10.0 Å². The fourth-order valence-corrected chi connectivity index (χ4v) is 3.09. The van der Waals surface area contributed by atoms with Crippen LogP contribution in [0.3, 0.4) is 0 Å². The van der Waals surface area contributed by atoms with Crippen LogP contribution >= 0.6 is 0 Å². The first-order valence-electron chi connectivity index (χ1n) is 8.82. The molecule has 0 radical (unpaired) electrons. The van der Waals surface area contributed by atoms with Crippen molar-refractivity contribution in [3.63, 3.8) is 0 Å². The van der Waals surface area contributed by atoms with Gasteiger partial charge < -0.3 is 10.6 Å². The molecule has 0 saturated carbocycles. The summed E-state index contributed by atoms with van der Waals surface area (Å²) >= 11 is 0. The van der Waals surface area contributed by atoms with Crippen molar-refractivity contribution >= 4 is 16.0 Å². The van der Waals surface area contributed by atoms with Crippen LogP contribution in [-0.4, -0.2) is 34.5 Å². The zero-order valence-corrected chi connectivity index (χ0v) is 16.6. The fourth-order valence-electron chi connectivity index (χ4n) is 2.58. The summed E-state index contributed by atoms with van der Waals surface area (Å²) in [6.45, 7) is 1.07. The summed E-state index contributed by atoms with van der Waals surface area (Å²) in [7, 11) is -2.08. The van der Waals surface area contributed by atoms with E-state index in [1.807, 2.05) is 0 Å². The molecule has 0 bridgehead atoms. The van der Waals surface area contributed by atoms with Gasteiger partial charge in [0, 0.05) is 20.1 Å². The van der Waals surface area contributed by atoms with E-state index in [0.29, 0.717) is 31.9 Å². The Kier molecular flexibility index (Phi) is 7.63. The van der Waals surface area contributed by atoms with E-state index < -0.39 is 21.8 Å². The van der Waals surface area contributed by atoms with Crippen LogP contribution in [0.25, 0.3) is 0 Å². The molecule has 0 unspecified atom stereocenters. The van der Waals surface area contributed by atoms with Crippen molar-refractivity contribution < 1.29 is 21.6 Å². The number of hydrogen-bond donors (Lipinski definition) is 3. The van der Waals surface area contributed by atoms with E-state index >= 15 is 0 Å². The number of aliphatic imine (C=N–C) groups is 1. The quantitative estimate of drug-likeness (QED) is 0.466. The Morgan fingerprint density at radius 1 is 0.931 bits per heavy atom. The fraction of sp³-hybridized carbons (Fsp3) is 0.316. The first-order valence-corrected chi connectivity index (χ1v) is 10.4. The highest BCUT2D eigenvalue weighted by Crippen LogP contribution is 2.29. The van der Waals surface area contributed by atoms with Crippen LogP contribution in [0.15, 0.2) is 58.4 Å². The lowest BCUT2D eigenvalue weighted by molar-refractivity contribution is -0.137. The highest BCUT2D eigenvalue weighted by molar-refractivity contribution is 7.89. The van der Waals surface area contributed by atoms with Gasteiger partial charge >= 0.3 is 6.18 Å². The number of benzene rings is 2. The normalized spacial score (nSPS) is 12.7. The van der Waals surface area contributed by atoms with Gasteiger partial charge in [-0.15, -0.1) is 0 Å². The maximum Gasteiger partial charge on any atom is 0.416 e. The Morgan fingerprint density at radius 2 is 1.38 bits per heavy atom. The Labute approximate surface area is 168 Å². The van der Waals surface area contributed by atoms with Gasteiger partial charge in [-0.3, -0.25) is 4.99 Å². The summed E-state index contributed by atoms with van der Waals surface area (Å²) in [4.78, 5) is 4.16. The lowest BCUT2D eigenvalue weighted by atomic mass is 10.1. The molecule has 0 heterocycles. The molecule has 0 amide bonds. The molecule has 6 nitrogen and oxygen atoms in total. The molecule has 0 spiro atoms. The summed E-state index contributed by atoms with van der Waals surface area (Å²) in [6, 6.07) is 11.4. The number of nitrogens with zero attached hydrogens (tertiary/aromatic N) is 1. The number of hydrogen-bond acceptors (Lipinski definition) is 3. The molecule has 0 aliphatic rings. The van der Waals surface area contributed by atoms with Crippen LogP contribution in [0.4, 0.5) is 13.2 Å². The summed E-state index contributed by atoms with van der Waals surface area (Å²) in [5.74, 6) is 0.568. The van der Waals surface area contributed by atoms with E-state index in [1.165, 1.54) is 24.3 Å². The van der Waals surface area contributed by atoms with E-state index in [0.717, 1.165) is 23.3 Å². The van der Waals surface area contributed by atoms with Crippen molar-refractivity contribution in [1.29, 1.82) is 0 Å². The average molecular weight is 428 g/mol. The van der Waals surface area contributed by atoms with Gasteiger partial charge in [0.15, 0.2) is 5.96 Å². The molecule has 2 aromatic rings. The zero-order chi connectivity index (χ0) is 21.5. The molecule has 0 atom stereocenters. The van der Waals surface area contributed by atoms with E-state index in [1.54, 1.807) is 19.2 Å². The molecule has 2 rings (SSSR count). The number of sulfonamides is 1. The van der Waals surface area contributed by atoms with Crippen LogP contribution in [-0.2, 0) is 29.0 Å². The monoisotopic (exact) mass is 428 g/mol. The van der Waals surface area contributed by atoms with Gasteiger partial charge in [0.1, 0.15) is 0 Å². The number of alkyl halides is 3. The predicted molar refractivity (Wildman–Crippen MR) is 106 cm³/mol. The maximum absolute atomic E-state index is 12.6. The third kappa shape index (κ3) is 7.39. The van der Waals surface area contributed by atoms with Gasteiger partial charge in [-0.2, -0.15) is 13.2 Å². The lowest BCUT2D eigenvalue weighted by Gasteiger charge is -2.12. The second kappa shape index (κ2) is 9.75. The third-order valence-electron chi connectivity index (χ3n) is 4.17. The van der Waals surface area contributed by atoms with Crippen molar-refractivity contribution in [2.24, 2.45) is 10.1 Å². The summed E-state index contributed by atoms with van der Waals surface area (Å²) in [5.41, 5.74) is 1.06. The molecule has 0 aliphatic carbocycles. The van der Waals surface area contributed by atoms with Crippen LogP contribution in [0.2, 0.25) is 0 Å². The Morgan fingerprint density at radius 3 is 1.76 bits per heavy atom. The number of halogens is 3. The molecule has 2 aromatic carbocycles. The van der Waals surface area contributed by atoms with Crippen molar-refractivity contribution in [2.45, 2.75) is 23.9 Å². The van der Waals surface area contributed by atoms with Gasteiger partial charge in [-0.25, -0.2) is 13.6 Å². The minimum absolute atomic E-state index is 0.0648. The number of rotatable bonds is 7. The predicted octanol–water partition coefficient (Wildman–Crippen LogP) is 2.30. The largest absolute Gasteiger partial charge is 0.416 e. The molecular formula is C19H23F3N4O2S. The highest BCUT2D eigenvalue weighted by Gasteiger charge is 2.29. The molecular weight excluding hydrogens is 405 g/mol. The molecule has 10 heteroatoms. The first kappa shape index (κ1) is 22.7. The minimum Gasteiger partial charge on any atom is -0.356 e. The first-order chi connectivity index (χ1) is 13.6. The second-order valence-electron chi connectivity index (χ2n) is 6.31. The number of guanidine groups is 1. The number of primary sulfonamides is 1. The Hall–Kier alpha value is -2.59. The summed E-state index contributed by atoms with van der Waals surface area (Å²) < 4.78 is 60.2. The smallest absolute Gasteiger partial charge is 0.356 e. The van der Waals surface area contributed by atoms with Gasteiger partial charge in [0.05, 0.1) is 10.5 Å². The van der Waals surface area contributed by atoms with Gasteiger partial charge in [-0.05, 0) is 48.2 Å². The third-order valence-corrected chi connectivity index (χ3v) is 5.10. The van der Waals surface area contributed by atoms with Crippen molar-refractivity contribution in [3.05, 3.63) is 65.2 Å². The maximum atomic E-state index is 12.6. The van der Waals surface area contributed by atoms with Crippen LogP contribution in [0.1, 0.15) is 16.7 Å². The van der Waals surface area contributed by atoms with E-state index in [2.05, 4.69) is 15.6 Å². The average Bonchev–Trinajstić information content (AvgIpc) is 2.66. The Balaban J connectivity index is 1.75. The van der Waals surface area contributed by atoms with Crippen LogP contribution in [0, 0.1) is 0 Å². The molecule has 0 saturated heterocycles. The van der Waals surface area contributed by atoms with Gasteiger partial charge in [-0.1, -0.05) is 24.3 Å². The molecule has 4 N–H and O–H groups in total. The molecule has 0 aromatic heterocycles. The van der Waals surface area contributed by atoms with Crippen LogP contribution in [0.5, 0.6) is 0 Å². The topological polar surface area (TPSA) is 96.6 Å². The molecule has 29 heavy (non-hydrogen) atoms. The highest BCUT2D eigenvalue weighted by atomic mass is 32.2. The van der Waals surface area contributed by atoms with E-state index in [-0.39, 0.29) is 4.90 Å². The number of nitrogens with one attached hydrogen (secondary N) is 2. The minimum atomic E-state index is -4.33. The summed E-state index contributed by atoms with van der Waals surface area (Å²) in [6.07, 6.45) is -3.14. The number of nitrogens with two attached hydrogens (primary N) is 1. The standard InChI is InChI=1S/C19H23F3N4O2S/c1-24-18(25-12-10-14-2-6-16(7-3-14)19(20,21)22)26-13-11-15-4-8-17(9-5-15)29(23,27)28/h2-9H,10-13H2,1H3,(H2,23,27,28)(H2,24,25,26). The molecule has 0 aliphatic heterocycles. The van der Waals surface area contributed by atoms with Crippen molar-refractivity contribution in [1.82, 2.24) is 10.6 Å². The van der Waals surface area contributed by atoms with Crippen molar-refractivity contribution in [3.8, 4) is 0 Å². The molecule has 0 fully saturated rings. The van der Waals surface area contributed by atoms with Gasteiger partial charge in [0.25, 0.3) is 0 Å². The van der Waals surface area contributed by atoms with E-state index in [4.69, 9.17) is 5.14 Å². The van der Waals surface area contributed by atoms with E-state index in [9.17, 15) is 21.6 Å². The molecule has 158 valence electrons. The van der Waals surface area contributed by atoms with Crippen molar-refractivity contribution in [2.75, 3.05) is 20.1 Å². The SMILES string of the molecule is CN=C(NCCc1ccc(C(F)(F)F)cc1)NCCc1ccc(S(N)(=O)=O)cc1. The zero-order valence-electron chi connectivity index (χ0n) is 15.8.